The molecule has 3 aromatic rings. The Morgan fingerprint density at radius 3 is 2.67 bits per heavy atom. The van der Waals surface area contributed by atoms with E-state index in [1.807, 2.05) is 18.2 Å². The number of hydrogen-bond donors (Lipinski definition) is 1. The highest BCUT2D eigenvalue weighted by molar-refractivity contribution is 5.94. The third-order valence-electron chi connectivity index (χ3n) is 6.14. The fourth-order valence-electron chi connectivity index (χ4n) is 4.54. The molecule has 6 heteroatoms. The van der Waals surface area contributed by atoms with E-state index >= 15 is 0 Å². The van der Waals surface area contributed by atoms with Crippen molar-refractivity contribution in [1.29, 1.82) is 0 Å². The molecule has 1 unspecified atom stereocenters. The quantitative estimate of drug-likeness (QED) is 0.565. The fraction of sp³-hybridized carbons (Fsp3) is 0.259. The lowest BCUT2D eigenvalue weighted by molar-refractivity contribution is -0.133. The van der Waals surface area contributed by atoms with E-state index in [4.69, 9.17) is 0 Å². The monoisotopic (exact) mass is 440 g/mol. The van der Waals surface area contributed by atoms with Crippen LogP contribution in [0.4, 0.5) is 0 Å². The van der Waals surface area contributed by atoms with Gasteiger partial charge in [-0.25, -0.2) is 0 Å². The van der Waals surface area contributed by atoms with Crippen LogP contribution in [-0.2, 0) is 11.2 Å². The topological polar surface area (TPSA) is 75.2 Å². The summed E-state index contributed by atoms with van der Waals surface area (Å²) in [6.45, 7) is 5.11. The summed E-state index contributed by atoms with van der Waals surface area (Å²) < 4.78 is 0. The first-order chi connectivity index (χ1) is 16.1. The van der Waals surface area contributed by atoms with Crippen LogP contribution in [0, 0.1) is 5.41 Å². The zero-order valence-corrected chi connectivity index (χ0v) is 18.6. The van der Waals surface area contributed by atoms with Gasteiger partial charge in [0.1, 0.15) is 0 Å². The van der Waals surface area contributed by atoms with Crippen molar-refractivity contribution in [2.45, 2.75) is 19.3 Å². The zero-order chi connectivity index (χ0) is 23.1. The van der Waals surface area contributed by atoms with Crippen LogP contribution in [0.15, 0.2) is 86.0 Å². The molecular formula is C27H28N4O2. The van der Waals surface area contributed by atoms with Crippen molar-refractivity contribution in [3.8, 4) is 11.1 Å². The summed E-state index contributed by atoms with van der Waals surface area (Å²) in [5, 5.41) is 2.99. The Balaban J connectivity index is 1.63. The number of piperidine rings is 1. The minimum Gasteiger partial charge on any atom is -0.352 e. The summed E-state index contributed by atoms with van der Waals surface area (Å²) in [7, 11) is 0. The van der Waals surface area contributed by atoms with Gasteiger partial charge in [0.2, 0.25) is 5.91 Å². The van der Waals surface area contributed by atoms with Gasteiger partial charge in [-0.3, -0.25) is 19.6 Å². The number of carbonyl (C=O) groups is 2. The van der Waals surface area contributed by atoms with Crippen molar-refractivity contribution in [1.82, 2.24) is 20.2 Å². The van der Waals surface area contributed by atoms with Gasteiger partial charge in [0.15, 0.2) is 0 Å². The Bertz CT molecular complexity index is 1120. The molecule has 4 rings (SSSR count). The Kier molecular flexibility index (Phi) is 6.93. The molecule has 1 aliphatic heterocycles. The Hall–Kier alpha value is -3.80. The van der Waals surface area contributed by atoms with Crippen molar-refractivity contribution in [3.05, 3.63) is 97.1 Å². The number of rotatable bonds is 7. The van der Waals surface area contributed by atoms with Gasteiger partial charge in [0.05, 0.1) is 11.0 Å². The number of likely N-dealkylation sites (tertiary alicyclic amines) is 1. The maximum Gasteiger partial charge on any atom is 0.255 e. The van der Waals surface area contributed by atoms with Gasteiger partial charge in [0.25, 0.3) is 5.91 Å². The molecule has 0 saturated carbocycles. The first-order valence-electron chi connectivity index (χ1n) is 11.2. The largest absolute Gasteiger partial charge is 0.352 e. The van der Waals surface area contributed by atoms with Gasteiger partial charge in [0, 0.05) is 44.4 Å². The highest BCUT2D eigenvalue weighted by Gasteiger charge is 2.43. The van der Waals surface area contributed by atoms with E-state index in [1.54, 1.807) is 47.9 Å². The predicted molar refractivity (Wildman–Crippen MR) is 128 cm³/mol. The van der Waals surface area contributed by atoms with Crippen molar-refractivity contribution in [3.63, 3.8) is 0 Å². The molecule has 3 heterocycles. The summed E-state index contributed by atoms with van der Waals surface area (Å²) >= 11 is 0. The van der Waals surface area contributed by atoms with Crippen molar-refractivity contribution < 1.29 is 9.59 Å². The fourth-order valence-corrected chi connectivity index (χ4v) is 4.54. The molecular weight excluding hydrogens is 412 g/mol. The van der Waals surface area contributed by atoms with Gasteiger partial charge in [-0.15, -0.1) is 6.58 Å². The lowest BCUT2D eigenvalue weighted by atomic mass is 9.73. The van der Waals surface area contributed by atoms with Crippen LogP contribution < -0.4 is 5.32 Å². The van der Waals surface area contributed by atoms with Crippen molar-refractivity contribution in [2.24, 2.45) is 5.41 Å². The van der Waals surface area contributed by atoms with Gasteiger partial charge in [-0.2, -0.15) is 0 Å². The average Bonchev–Trinajstić information content (AvgIpc) is 2.88. The molecule has 33 heavy (non-hydrogen) atoms. The maximum atomic E-state index is 13.4. The highest BCUT2D eigenvalue weighted by Crippen LogP contribution is 2.35. The molecule has 2 amide bonds. The summed E-state index contributed by atoms with van der Waals surface area (Å²) in [4.78, 5) is 36.5. The standard InChI is InChI=1S/C27H28N4O2/c1-2-12-30-26(33)27(11-5-16-31(20-27)25(32)24-8-4-13-29-19-24)18-21-6-3-7-23(17-21)22-9-14-28-15-10-22/h2-4,6-10,13-15,17,19H,1,5,11-12,16,18,20H2,(H,30,33). The molecule has 0 spiro atoms. The van der Waals surface area contributed by atoms with Crippen LogP contribution in [0.25, 0.3) is 11.1 Å². The molecule has 1 fully saturated rings. The number of aromatic nitrogens is 2. The number of benzene rings is 1. The molecule has 0 radical (unpaired) electrons. The van der Waals surface area contributed by atoms with E-state index in [1.165, 1.54) is 0 Å². The van der Waals surface area contributed by atoms with Crippen molar-refractivity contribution in [2.75, 3.05) is 19.6 Å². The number of amides is 2. The minimum atomic E-state index is -0.712. The number of carbonyl (C=O) groups excluding carboxylic acids is 2. The van der Waals surface area contributed by atoms with Crippen molar-refractivity contribution >= 4 is 11.8 Å². The van der Waals surface area contributed by atoms with Gasteiger partial charge in [-0.1, -0.05) is 30.3 Å². The first-order valence-corrected chi connectivity index (χ1v) is 11.2. The molecule has 1 saturated heterocycles. The SMILES string of the molecule is C=CCNC(=O)C1(Cc2cccc(-c3ccncc3)c2)CCCN(C(=O)c2cccnc2)C1. The van der Waals surface area contributed by atoms with Crippen LogP contribution >= 0.6 is 0 Å². The second kappa shape index (κ2) is 10.2. The molecule has 0 aliphatic carbocycles. The van der Waals surface area contributed by atoms with Crippen LogP contribution in [0.5, 0.6) is 0 Å². The molecule has 1 atom stereocenters. The van der Waals surface area contributed by atoms with Crippen LogP contribution in [0.1, 0.15) is 28.8 Å². The van der Waals surface area contributed by atoms with Gasteiger partial charge >= 0.3 is 0 Å². The molecule has 1 aliphatic rings. The summed E-state index contributed by atoms with van der Waals surface area (Å²) in [5.41, 5.74) is 3.05. The van der Waals surface area contributed by atoms with Crippen LogP contribution in [0.3, 0.4) is 0 Å². The molecule has 168 valence electrons. The first kappa shape index (κ1) is 22.4. The Morgan fingerprint density at radius 1 is 1.06 bits per heavy atom. The Labute approximate surface area is 194 Å². The summed E-state index contributed by atoms with van der Waals surface area (Å²) in [6, 6.07) is 15.7. The maximum absolute atomic E-state index is 13.4. The molecule has 1 N–H and O–H groups in total. The van der Waals surface area contributed by atoms with E-state index in [2.05, 4.69) is 40.1 Å². The molecule has 2 aromatic heterocycles. The average molecular weight is 441 g/mol. The van der Waals surface area contributed by atoms with E-state index in [0.29, 0.717) is 38.0 Å². The normalized spacial score (nSPS) is 17.9. The summed E-state index contributed by atoms with van der Waals surface area (Å²) in [5.74, 6) is -0.130. The van der Waals surface area contributed by atoms with Gasteiger partial charge in [-0.05, 0) is 60.2 Å². The van der Waals surface area contributed by atoms with Gasteiger partial charge < -0.3 is 10.2 Å². The predicted octanol–water partition coefficient (Wildman–Crippen LogP) is 3.91. The second-order valence-electron chi connectivity index (χ2n) is 8.46. The lowest BCUT2D eigenvalue weighted by Crippen LogP contribution is -2.54. The van der Waals surface area contributed by atoms with E-state index in [0.717, 1.165) is 23.1 Å². The number of nitrogens with one attached hydrogen (secondary N) is 1. The van der Waals surface area contributed by atoms with Crippen LogP contribution in [-0.4, -0.2) is 46.3 Å². The third kappa shape index (κ3) is 5.17. The molecule has 0 bridgehead atoms. The Morgan fingerprint density at radius 2 is 1.91 bits per heavy atom. The number of nitrogens with zero attached hydrogens (tertiary/aromatic N) is 3. The van der Waals surface area contributed by atoms with Crippen LogP contribution in [0.2, 0.25) is 0 Å². The minimum absolute atomic E-state index is 0.0413. The van der Waals surface area contributed by atoms with E-state index in [9.17, 15) is 9.59 Å². The van der Waals surface area contributed by atoms with E-state index < -0.39 is 5.41 Å². The smallest absolute Gasteiger partial charge is 0.255 e. The zero-order valence-electron chi connectivity index (χ0n) is 18.6. The highest BCUT2D eigenvalue weighted by atomic mass is 16.2. The molecule has 6 nitrogen and oxygen atoms in total. The number of pyridine rings is 2. The van der Waals surface area contributed by atoms with E-state index in [-0.39, 0.29) is 11.8 Å². The number of hydrogen-bond acceptors (Lipinski definition) is 4. The second-order valence-corrected chi connectivity index (χ2v) is 8.46. The third-order valence-corrected chi connectivity index (χ3v) is 6.14. The molecule has 1 aromatic carbocycles. The lowest BCUT2D eigenvalue weighted by Gasteiger charge is -2.42. The summed E-state index contributed by atoms with van der Waals surface area (Å²) in [6.07, 6.45) is 10.5.